The highest BCUT2D eigenvalue weighted by Gasteiger charge is 2.11. The number of esters is 1. The van der Waals surface area contributed by atoms with Crippen LogP contribution in [-0.2, 0) is 22.4 Å². The summed E-state index contributed by atoms with van der Waals surface area (Å²) in [5.41, 5.74) is 0.882. The number of aromatic hydroxyl groups is 1. The number of allylic oxidation sites excluding steroid dienone is 1. The summed E-state index contributed by atoms with van der Waals surface area (Å²) in [6, 6.07) is 2.69. The van der Waals surface area contributed by atoms with Crippen molar-refractivity contribution < 1.29 is 19.0 Å². The lowest BCUT2D eigenvalue weighted by Crippen LogP contribution is -2.05. The number of hydrogen-bond donors (Lipinski definition) is 1. The van der Waals surface area contributed by atoms with E-state index in [0.717, 1.165) is 6.07 Å². The first-order valence-electron chi connectivity index (χ1n) is 4.76. The Bertz CT molecular complexity index is 413. The quantitative estimate of drug-likeness (QED) is 0.628. The Morgan fingerprint density at radius 2 is 2.31 bits per heavy atom. The molecule has 0 aliphatic rings. The number of methoxy groups -OCH3 is 1. The lowest BCUT2D eigenvalue weighted by Gasteiger charge is -2.06. The minimum absolute atomic E-state index is 0.0160. The van der Waals surface area contributed by atoms with Crippen LogP contribution in [0, 0.1) is 5.82 Å². The van der Waals surface area contributed by atoms with Crippen molar-refractivity contribution in [2.24, 2.45) is 0 Å². The maximum absolute atomic E-state index is 13.3. The number of carbonyl (C=O) groups excluding carboxylic acids is 1. The van der Waals surface area contributed by atoms with Crippen molar-refractivity contribution in [3.63, 3.8) is 0 Å². The molecule has 16 heavy (non-hydrogen) atoms. The number of carbonyl (C=O) groups is 1. The van der Waals surface area contributed by atoms with E-state index in [1.165, 1.54) is 7.11 Å². The van der Waals surface area contributed by atoms with Crippen LogP contribution in [0.2, 0.25) is 0 Å². The lowest BCUT2D eigenvalue weighted by atomic mass is 10.0. The molecule has 0 aliphatic heterocycles. The second-order valence-corrected chi connectivity index (χ2v) is 3.33. The minimum Gasteiger partial charge on any atom is -0.505 e. The number of rotatable bonds is 4. The molecule has 0 atom stereocenters. The molecule has 0 unspecified atom stereocenters. The Morgan fingerprint density at radius 1 is 1.62 bits per heavy atom. The summed E-state index contributed by atoms with van der Waals surface area (Å²) < 4.78 is 17.8. The predicted molar refractivity (Wildman–Crippen MR) is 57.7 cm³/mol. The van der Waals surface area contributed by atoms with Crippen LogP contribution in [0.1, 0.15) is 11.1 Å². The van der Waals surface area contributed by atoms with Gasteiger partial charge in [-0.15, -0.1) is 6.58 Å². The fraction of sp³-hybridized carbons (Fsp3) is 0.250. The maximum atomic E-state index is 13.3. The molecule has 86 valence electrons. The summed E-state index contributed by atoms with van der Waals surface area (Å²) in [5, 5.41) is 9.41. The van der Waals surface area contributed by atoms with Crippen LogP contribution in [0.4, 0.5) is 4.39 Å². The monoisotopic (exact) mass is 224 g/mol. The first-order chi connectivity index (χ1) is 7.58. The third kappa shape index (κ3) is 2.82. The summed E-state index contributed by atoms with van der Waals surface area (Å²) in [7, 11) is 1.27. The zero-order chi connectivity index (χ0) is 12.1. The molecular weight excluding hydrogens is 211 g/mol. The molecule has 0 spiro atoms. The van der Waals surface area contributed by atoms with Gasteiger partial charge in [-0.3, -0.25) is 4.79 Å². The van der Waals surface area contributed by atoms with Crippen LogP contribution in [0.3, 0.4) is 0 Å². The van der Waals surface area contributed by atoms with Gasteiger partial charge in [0, 0.05) is 5.56 Å². The summed E-state index contributed by atoms with van der Waals surface area (Å²) in [4.78, 5) is 11.0. The zero-order valence-electron chi connectivity index (χ0n) is 9.00. The summed E-state index contributed by atoms with van der Waals surface area (Å²) in [6.07, 6.45) is 1.88. The van der Waals surface area contributed by atoms with Gasteiger partial charge >= 0.3 is 5.97 Å². The van der Waals surface area contributed by atoms with Crippen molar-refractivity contribution in [1.82, 2.24) is 0 Å². The molecule has 0 radical (unpaired) electrons. The Labute approximate surface area is 93.2 Å². The van der Waals surface area contributed by atoms with Crippen LogP contribution < -0.4 is 0 Å². The number of halogens is 1. The summed E-state index contributed by atoms with van der Waals surface area (Å²) in [5.74, 6) is -1.58. The normalized spacial score (nSPS) is 9.88. The molecule has 0 amide bonds. The number of hydrogen-bond acceptors (Lipinski definition) is 3. The molecule has 1 N–H and O–H groups in total. The van der Waals surface area contributed by atoms with Crippen LogP contribution in [0.25, 0.3) is 0 Å². The Kier molecular flexibility index (Phi) is 4.05. The van der Waals surface area contributed by atoms with E-state index in [1.54, 1.807) is 12.1 Å². The summed E-state index contributed by atoms with van der Waals surface area (Å²) in [6.45, 7) is 3.51. The zero-order valence-corrected chi connectivity index (χ0v) is 9.00. The first-order valence-corrected chi connectivity index (χ1v) is 4.76. The molecule has 0 bridgehead atoms. The molecular formula is C12H13FO3. The van der Waals surface area contributed by atoms with Crippen molar-refractivity contribution in [1.29, 1.82) is 0 Å². The van der Waals surface area contributed by atoms with Crippen molar-refractivity contribution in [3.8, 4) is 5.75 Å². The van der Waals surface area contributed by atoms with Gasteiger partial charge in [0.2, 0.25) is 0 Å². The van der Waals surface area contributed by atoms with Gasteiger partial charge in [0.05, 0.1) is 13.5 Å². The van der Waals surface area contributed by atoms with Crippen molar-refractivity contribution in [2.75, 3.05) is 7.11 Å². The van der Waals surface area contributed by atoms with E-state index in [2.05, 4.69) is 11.3 Å². The highest BCUT2D eigenvalue weighted by molar-refractivity contribution is 5.72. The van der Waals surface area contributed by atoms with E-state index in [4.69, 9.17) is 0 Å². The number of phenols is 1. The van der Waals surface area contributed by atoms with Crippen LogP contribution in [-0.4, -0.2) is 18.2 Å². The molecule has 0 heterocycles. The van der Waals surface area contributed by atoms with Crippen molar-refractivity contribution in [2.45, 2.75) is 12.8 Å². The number of benzene rings is 1. The molecule has 0 aromatic heterocycles. The van der Waals surface area contributed by atoms with Gasteiger partial charge < -0.3 is 9.84 Å². The first kappa shape index (κ1) is 12.2. The van der Waals surface area contributed by atoms with Crippen LogP contribution >= 0.6 is 0 Å². The lowest BCUT2D eigenvalue weighted by molar-refractivity contribution is -0.139. The van der Waals surface area contributed by atoms with E-state index in [1.807, 2.05) is 0 Å². The van der Waals surface area contributed by atoms with E-state index >= 15 is 0 Å². The summed E-state index contributed by atoms with van der Waals surface area (Å²) >= 11 is 0. The predicted octanol–water partition coefficient (Wildman–Crippen LogP) is 1.98. The van der Waals surface area contributed by atoms with Gasteiger partial charge in [0.1, 0.15) is 0 Å². The van der Waals surface area contributed by atoms with Gasteiger partial charge in [-0.2, -0.15) is 0 Å². The van der Waals surface area contributed by atoms with Gasteiger partial charge in [0.15, 0.2) is 11.6 Å². The standard InChI is InChI=1S/C12H13FO3/c1-3-4-9-5-8(7-11(14)16-2)6-10(13)12(9)15/h3,5-6,15H,1,4,7H2,2H3. The third-order valence-electron chi connectivity index (χ3n) is 2.14. The second-order valence-electron chi connectivity index (χ2n) is 3.33. The molecule has 0 aliphatic carbocycles. The van der Waals surface area contributed by atoms with Gasteiger partial charge in [-0.05, 0) is 18.1 Å². The third-order valence-corrected chi connectivity index (χ3v) is 2.14. The van der Waals surface area contributed by atoms with Gasteiger partial charge in [0.25, 0.3) is 0 Å². The SMILES string of the molecule is C=CCc1cc(CC(=O)OC)cc(F)c1O. The van der Waals surface area contributed by atoms with E-state index in [0.29, 0.717) is 17.5 Å². The average molecular weight is 224 g/mol. The Hall–Kier alpha value is -1.84. The van der Waals surface area contributed by atoms with E-state index < -0.39 is 17.5 Å². The van der Waals surface area contributed by atoms with Gasteiger partial charge in [-0.25, -0.2) is 4.39 Å². The smallest absolute Gasteiger partial charge is 0.309 e. The molecule has 1 rings (SSSR count). The van der Waals surface area contributed by atoms with Crippen molar-refractivity contribution >= 4 is 5.97 Å². The van der Waals surface area contributed by atoms with Crippen LogP contribution in [0.5, 0.6) is 5.75 Å². The highest BCUT2D eigenvalue weighted by atomic mass is 19.1. The largest absolute Gasteiger partial charge is 0.505 e. The highest BCUT2D eigenvalue weighted by Crippen LogP contribution is 2.24. The average Bonchev–Trinajstić information content (AvgIpc) is 2.25. The van der Waals surface area contributed by atoms with Gasteiger partial charge in [-0.1, -0.05) is 12.1 Å². The topological polar surface area (TPSA) is 46.5 Å². The molecule has 4 heteroatoms. The molecule has 1 aromatic rings. The fourth-order valence-corrected chi connectivity index (χ4v) is 1.37. The number of ether oxygens (including phenoxy) is 1. The van der Waals surface area contributed by atoms with E-state index in [-0.39, 0.29) is 6.42 Å². The van der Waals surface area contributed by atoms with Crippen LogP contribution in [0.15, 0.2) is 24.8 Å². The molecule has 3 nitrogen and oxygen atoms in total. The molecule has 0 saturated heterocycles. The number of phenolic OH excluding ortho intramolecular Hbond substituents is 1. The molecule has 0 saturated carbocycles. The maximum Gasteiger partial charge on any atom is 0.309 e. The minimum atomic E-state index is -0.738. The molecule has 1 aromatic carbocycles. The Morgan fingerprint density at radius 3 is 2.88 bits per heavy atom. The fourth-order valence-electron chi connectivity index (χ4n) is 1.37. The Balaban J connectivity index is 3.03. The van der Waals surface area contributed by atoms with Crippen molar-refractivity contribution in [3.05, 3.63) is 41.7 Å². The molecule has 0 fully saturated rings. The van der Waals surface area contributed by atoms with E-state index in [9.17, 15) is 14.3 Å². The second kappa shape index (κ2) is 5.30.